The van der Waals surface area contributed by atoms with Crippen LogP contribution in [0.5, 0.6) is 0 Å². The first-order valence-electron chi connectivity index (χ1n) is 5.65. The van der Waals surface area contributed by atoms with Crippen molar-refractivity contribution in [3.63, 3.8) is 0 Å². The summed E-state index contributed by atoms with van der Waals surface area (Å²) in [7, 11) is 0. The highest BCUT2D eigenvalue weighted by Crippen LogP contribution is 2.30. The third-order valence-corrected chi connectivity index (χ3v) is 3.27. The van der Waals surface area contributed by atoms with Crippen molar-refractivity contribution in [2.75, 3.05) is 0 Å². The van der Waals surface area contributed by atoms with Gasteiger partial charge < -0.3 is 10.2 Å². The SMILES string of the molecule is NC(CCC1CCCC1)c1ccco1. The summed E-state index contributed by atoms with van der Waals surface area (Å²) in [5.41, 5.74) is 6.02. The van der Waals surface area contributed by atoms with Gasteiger partial charge in [0.25, 0.3) is 0 Å². The monoisotopic (exact) mass is 193 g/mol. The second-order valence-electron chi connectivity index (χ2n) is 4.35. The molecule has 2 rings (SSSR count). The predicted molar refractivity (Wildman–Crippen MR) is 56.8 cm³/mol. The predicted octanol–water partition coefficient (Wildman–Crippen LogP) is 3.25. The fraction of sp³-hybridized carbons (Fsp3) is 0.667. The first kappa shape index (κ1) is 9.78. The molecular formula is C12H19NO. The minimum absolute atomic E-state index is 0.102. The molecular weight excluding hydrogens is 174 g/mol. The fourth-order valence-corrected chi connectivity index (χ4v) is 2.36. The lowest BCUT2D eigenvalue weighted by Gasteiger charge is -2.12. The molecule has 2 heteroatoms. The van der Waals surface area contributed by atoms with Crippen molar-refractivity contribution < 1.29 is 4.42 Å². The van der Waals surface area contributed by atoms with Crippen LogP contribution >= 0.6 is 0 Å². The number of nitrogens with two attached hydrogens (primary N) is 1. The molecule has 0 bridgehead atoms. The minimum atomic E-state index is 0.102. The van der Waals surface area contributed by atoms with Crippen LogP contribution in [-0.2, 0) is 0 Å². The summed E-state index contributed by atoms with van der Waals surface area (Å²) in [5.74, 6) is 1.86. The first-order chi connectivity index (χ1) is 6.86. The number of hydrogen-bond donors (Lipinski definition) is 1. The summed E-state index contributed by atoms with van der Waals surface area (Å²) in [4.78, 5) is 0. The maximum atomic E-state index is 6.02. The van der Waals surface area contributed by atoms with Crippen LogP contribution in [-0.4, -0.2) is 0 Å². The molecule has 1 aromatic heterocycles. The van der Waals surface area contributed by atoms with E-state index in [1.54, 1.807) is 6.26 Å². The minimum Gasteiger partial charge on any atom is -0.468 e. The van der Waals surface area contributed by atoms with Crippen LogP contribution in [0.25, 0.3) is 0 Å². The van der Waals surface area contributed by atoms with Crippen LogP contribution in [0.2, 0.25) is 0 Å². The Hall–Kier alpha value is -0.760. The van der Waals surface area contributed by atoms with E-state index in [-0.39, 0.29) is 6.04 Å². The zero-order valence-corrected chi connectivity index (χ0v) is 8.61. The van der Waals surface area contributed by atoms with Gasteiger partial charge in [-0.3, -0.25) is 0 Å². The molecule has 14 heavy (non-hydrogen) atoms. The third-order valence-electron chi connectivity index (χ3n) is 3.27. The number of hydrogen-bond acceptors (Lipinski definition) is 2. The van der Waals surface area contributed by atoms with E-state index < -0.39 is 0 Å². The smallest absolute Gasteiger partial charge is 0.120 e. The molecule has 0 aliphatic heterocycles. The standard InChI is InChI=1S/C12H19NO/c13-11(12-6-3-9-14-12)8-7-10-4-1-2-5-10/h3,6,9-11H,1-2,4-5,7-8,13H2. The van der Waals surface area contributed by atoms with Gasteiger partial charge in [-0.05, 0) is 30.9 Å². The molecule has 0 amide bonds. The van der Waals surface area contributed by atoms with Gasteiger partial charge in [0.15, 0.2) is 0 Å². The Morgan fingerprint density at radius 1 is 1.43 bits per heavy atom. The maximum Gasteiger partial charge on any atom is 0.120 e. The van der Waals surface area contributed by atoms with Gasteiger partial charge in [-0.25, -0.2) is 0 Å². The topological polar surface area (TPSA) is 39.2 Å². The van der Waals surface area contributed by atoms with Gasteiger partial charge in [-0.15, -0.1) is 0 Å². The molecule has 1 heterocycles. The van der Waals surface area contributed by atoms with Crippen molar-refractivity contribution >= 4 is 0 Å². The highest BCUT2D eigenvalue weighted by atomic mass is 16.3. The van der Waals surface area contributed by atoms with Crippen molar-refractivity contribution in [2.24, 2.45) is 11.7 Å². The molecule has 2 nitrogen and oxygen atoms in total. The lowest BCUT2D eigenvalue weighted by Crippen LogP contribution is -2.10. The average molecular weight is 193 g/mol. The van der Waals surface area contributed by atoms with Gasteiger partial charge in [0.2, 0.25) is 0 Å². The van der Waals surface area contributed by atoms with Crippen molar-refractivity contribution in [2.45, 2.75) is 44.6 Å². The van der Waals surface area contributed by atoms with Gasteiger partial charge in [-0.1, -0.05) is 25.7 Å². The van der Waals surface area contributed by atoms with E-state index in [0.29, 0.717) is 0 Å². The van der Waals surface area contributed by atoms with E-state index in [9.17, 15) is 0 Å². The Balaban J connectivity index is 1.74. The molecule has 1 aliphatic carbocycles. The molecule has 1 atom stereocenters. The average Bonchev–Trinajstić information content (AvgIpc) is 2.87. The Morgan fingerprint density at radius 2 is 2.21 bits per heavy atom. The molecule has 1 aliphatic rings. The Labute approximate surface area is 85.5 Å². The van der Waals surface area contributed by atoms with Crippen LogP contribution in [0, 0.1) is 5.92 Å². The van der Waals surface area contributed by atoms with Gasteiger partial charge in [0.05, 0.1) is 12.3 Å². The molecule has 1 fully saturated rings. The highest BCUT2D eigenvalue weighted by Gasteiger charge is 2.17. The third kappa shape index (κ3) is 2.38. The van der Waals surface area contributed by atoms with Crippen molar-refractivity contribution in [3.8, 4) is 0 Å². The fourth-order valence-electron chi connectivity index (χ4n) is 2.36. The van der Waals surface area contributed by atoms with E-state index >= 15 is 0 Å². The second kappa shape index (κ2) is 4.65. The number of furan rings is 1. The Bertz CT molecular complexity index is 249. The van der Waals surface area contributed by atoms with Crippen LogP contribution < -0.4 is 5.73 Å². The first-order valence-corrected chi connectivity index (χ1v) is 5.65. The quantitative estimate of drug-likeness (QED) is 0.797. The second-order valence-corrected chi connectivity index (χ2v) is 4.35. The molecule has 1 unspecified atom stereocenters. The van der Waals surface area contributed by atoms with Gasteiger partial charge in [0, 0.05) is 0 Å². The summed E-state index contributed by atoms with van der Waals surface area (Å²) < 4.78 is 5.29. The van der Waals surface area contributed by atoms with Gasteiger partial charge >= 0.3 is 0 Å². The lowest BCUT2D eigenvalue weighted by atomic mass is 9.98. The molecule has 1 saturated carbocycles. The van der Waals surface area contributed by atoms with E-state index in [2.05, 4.69) is 0 Å². The summed E-state index contributed by atoms with van der Waals surface area (Å²) >= 11 is 0. The van der Waals surface area contributed by atoms with Gasteiger partial charge in [-0.2, -0.15) is 0 Å². The van der Waals surface area contributed by atoms with Crippen molar-refractivity contribution in [1.29, 1.82) is 0 Å². The summed E-state index contributed by atoms with van der Waals surface area (Å²) in [6.07, 6.45) is 9.68. The van der Waals surface area contributed by atoms with Gasteiger partial charge in [0.1, 0.15) is 5.76 Å². The molecule has 0 spiro atoms. The van der Waals surface area contributed by atoms with Crippen molar-refractivity contribution in [1.82, 2.24) is 0 Å². The normalized spacial score (nSPS) is 20.1. The molecule has 1 aromatic rings. The molecule has 0 aromatic carbocycles. The Morgan fingerprint density at radius 3 is 2.86 bits per heavy atom. The van der Waals surface area contributed by atoms with Crippen LogP contribution in [0.4, 0.5) is 0 Å². The highest BCUT2D eigenvalue weighted by molar-refractivity contribution is 5.03. The zero-order chi connectivity index (χ0) is 9.80. The molecule has 2 N–H and O–H groups in total. The van der Waals surface area contributed by atoms with E-state index in [4.69, 9.17) is 10.2 Å². The van der Waals surface area contributed by atoms with Crippen molar-refractivity contribution in [3.05, 3.63) is 24.2 Å². The Kier molecular flexibility index (Phi) is 3.25. The molecule has 0 radical (unpaired) electrons. The summed E-state index contributed by atoms with van der Waals surface area (Å²) in [6, 6.07) is 3.98. The van der Waals surface area contributed by atoms with Crippen LogP contribution in [0.1, 0.15) is 50.3 Å². The zero-order valence-electron chi connectivity index (χ0n) is 8.61. The molecule has 78 valence electrons. The van der Waals surface area contributed by atoms with E-state index in [0.717, 1.165) is 18.1 Å². The lowest BCUT2D eigenvalue weighted by molar-refractivity contribution is 0.405. The van der Waals surface area contributed by atoms with E-state index in [1.807, 2.05) is 12.1 Å². The molecule has 0 saturated heterocycles. The van der Waals surface area contributed by atoms with Crippen LogP contribution in [0.15, 0.2) is 22.8 Å². The largest absolute Gasteiger partial charge is 0.468 e. The number of rotatable bonds is 4. The van der Waals surface area contributed by atoms with Crippen LogP contribution in [0.3, 0.4) is 0 Å². The van der Waals surface area contributed by atoms with E-state index in [1.165, 1.54) is 32.1 Å². The maximum absolute atomic E-state index is 6.02. The summed E-state index contributed by atoms with van der Waals surface area (Å²) in [5, 5.41) is 0. The summed E-state index contributed by atoms with van der Waals surface area (Å²) in [6.45, 7) is 0.